The number of nitrogens with one attached hydrogen (secondary N) is 1. The molecule has 35 heavy (non-hydrogen) atoms. The Morgan fingerprint density at radius 1 is 1.14 bits per heavy atom. The number of ether oxygens (including phenoxy) is 1. The van der Waals surface area contributed by atoms with Crippen LogP contribution < -0.4 is 10.1 Å². The first-order valence-corrected chi connectivity index (χ1v) is 11.7. The number of rotatable bonds is 5. The minimum absolute atomic E-state index is 0.0287. The zero-order chi connectivity index (χ0) is 26.1. The van der Waals surface area contributed by atoms with Crippen LogP contribution in [0.3, 0.4) is 0 Å². The highest BCUT2D eigenvalue weighted by Gasteiger charge is 2.38. The minimum atomic E-state index is -4.90. The standard InChI is InChI=1S/C22H18F3N5O4S/c1-11-8-15(10-26)27-13(3)18(11)34-21-17(12(2)19(29-30-21)22(23,24)25)20(31)28-14-6-5-7-16(9-14)35(4,32)33/h5-9H,1-4H3,(H,28,31). The third-order valence-electron chi connectivity index (χ3n) is 4.84. The molecule has 1 aromatic carbocycles. The Labute approximate surface area is 198 Å². The van der Waals surface area contributed by atoms with Crippen LogP contribution in [0.15, 0.2) is 35.2 Å². The molecule has 0 saturated carbocycles. The van der Waals surface area contributed by atoms with E-state index in [-0.39, 0.29) is 27.7 Å². The molecule has 0 aliphatic carbocycles. The highest BCUT2D eigenvalue weighted by Crippen LogP contribution is 2.36. The normalized spacial score (nSPS) is 11.6. The number of halogens is 3. The number of alkyl halides is 3. The van der Waals surface area contributed by atoms with E-state index in [2.05, 4.69) is 20.5 Å². The first-order valence-electron chi connectivity index (χ1n) is 9.84. The summed E-state index contributed by atoms with van der Waals surface area (Å²) in [5.41, 5.74) is -1.68. The maximum atomic E-state index is 13.5. The summed E-state index contributed by atoms with van der Waals surface area (Å²) in [5.74, 6) is -1.46. The SMILES string of the molecule is Cc1cc(C#N)nc(C)c1Oc1nnc(C(F)(F)F)c(C)c1C(=O)Nc1cccc(S(C)(=O)=O)c1. The van der Waals surface area contributed by atoms with Crippen molar-refractivity contribution in [3.05, 3.63) is 64.1 Å². The third kappa shape index (κ3) is 5.55. The second-order valence-electron chi connectivity index (χ2n) is 7.56. The van der Waals surface area contributed by atoms with Gasteiger partial charge >= 0.3 is 6.18 Å². The molecule has 0 aliphatic rings. The number of carbonyl (C=O) groups excluding carboxylic acids is 1. The van der Waals surface area contributed by atoms with Crippen molar-refractivity contribution in [2.24, 2.45) is 0 Å². The zero-order valence-corrected chi connectivity index (χ0v) is 19.7. The van der Waals surface area contributed by atoms with Gasteiger partial charge in [-0.2, -0.15) is 18.4 Å². The number of nitrogens with zero attached hydrogens (tertiary/aromatic N) is 4. The van der Waals surface area contributed by atoms with Gasteiger partial charge in [-0.3, -0.25) is 4.79 Å². The number of amides is 1. The van der Waals surface area contributed by atoms with Crippen molar-refractivity contribution in [1.29, 1.82) is 5.26 Å². The molecular weight excluding hydrogens is 487 g/mol. The van der Waals surface area contributed by atoms with Crippen molar-refractivity contribution >= 4 is 21.4 Å². The molecule has 9 nitrogen and oxygen atoms in total. The van der Waals surface area contributed by atoms with Gasteiger partial charge in [0.15, 0.2) is 21.3 Å². The van der Waals surface area contributed by atoms with Crippen LogP contribution in [0.25, 0.3) is 0 Å². The van der Waals surface area contributed by atoms with Crippen molar-refractivity contribution in [3.63, 3.8) is 0 Å². The Balaban J connectivity index is 2.12. The maximum Gasteiger partial charge on any atom is 0.435 e. The fourth-order valence-electron chi connectivity index (χ4n) is 3.23. The van der Waals surface area contributed by atoms with Crippen LogP contribution >= 0.6 is 0 Å². The summed E-state index contributed by atoms with van der Waals surface area (Å²) in [6, 6.07) is 8.51. The molecule has 2 heterocycles. The van der Waals surface area contributed by atoms with Crippen LogP contribution in [0, 0.1) is 32.1 Å². The summed E-state index contributed by atoms with van der Waals surface area (Å²) in [7, 11) is -3.60. The molecule has 0 spiro atoms. The lowest BCUT2D eigenvalue weighted by Gasteiger charge is -2.17. The van der Waals surface area contributed by atoms with Crippen molar-refractivity contribution in [1.82, 2.24) is 15.2 Å². The quantitative estimate of drug-likeness (QED) is 0.547. The molecule has 0 unspecified atom stereocenters. The average Bonchev–Trinajstić information content (AvgIpc) is 2.74. The smallest absolute Gasteiger partial charge is 0.435 e. The second kappa shape index (κ2) is 9.30. The molecule has 1 N–H and O–H groups in total. The minimum Gasteiger partial charge on any atom is -0.435 e. The molecule has 13 heteroatoms. The van der Waals surface area contributed by atoms with E-state index in [1.807, 2.05) is 6.07 Å². The van der Waals surface area contributed by atoms with E-state index in [9.17, 15) is 26.4 Å². The van der Waals surface area contributed by atoms with Crippen molar-refractivity contribution in [3.8, 4) is 17.7 Å². The molecule has 3 rings (SSSR count). The van der Waals surface area contributed by atoms with E-state index in [0.29, 0.717) is 5.56 Å². The van der Waals surface area contributed by atoms with Crippen molar-refractivity contribution in [2.75, 3.05) is 11.6 Å². The average molecular weight is 505 g/mol. The van der Waals surface area contributed by atoms with Gasteiger partial charge in [-0.1, -0.05) is 6.07 Å². The fourth-order valence-corrected chi connectivity index (χ4v) is 3.90. The lowest BCUT2D eigenvalue weighted by Crippen LogP contribution is -2.21. The van der Waals surface area contributed by atoms with Crippen LogP contribution in [0.4, 0.5) is 18.9 Å². The Bertz CT molecular complexity index is 1460. The lowest BCUT2D eigenvalue weighted by molar-refractivity contribution is -0.142. The number of hydrogen-bond donors (Lipinski definition) is 1. The van der Waals surface area contributed by atoms with E-state index in [4.69, 9.17) is 10.00 Å². The number of aromatic nitrogens is 3. The molecule has 2 aromatic heterocycles. The van der Waals surface area contributed by atoms with Gasteiger partial charge in [0.1, 0.15) is 17.3 Å². The van der Waals surface area contributed by atoms with E-state index >= 15 is 0 Å². The van der Waals surface area contributed by atoms with Gasteiger partial charge in [-0.05, 0) is 56.2 Å². The predicted molar refractivity (Wildman–Crippen MR) is 118 cm³/mol. The number of aryl methyl sites for hydroxylation is 2. The largest absolute Gasteiger partial charge is 0.435 e. The number of pyridine rings is 1. The van der Waals surface area contributed by atoms with E-state index in [1.165, 1.54) is 37.3 Å². The fraction of sp³-hybridized carbons (Fsp3) is 0.227. The molecule has 0 radical (unpaired) electrons. The maximum absolute atomic E-state index is 13.5. The van der Waals surface area contributed by atoms with Crippen LogP contribution in [-0.4, -0.2) is 35.8 Å². The van der Waals surface area contributed by atoms with E-state index in [0.717, 1.165) is 13.2 Å². The molecule has 3 aromatic rings. The molecule has 1 amide bonds. The third-order valence-corrected chi connectivity index (χ3v) is 5.95. The Kier molecular flexibility index (Phi) is 6.80. The number of benzene rings is 1. The molecule has 0 atom stereocenters. The Hall–Kier alpha value is -4.05. The molecule has 0 saturated heterocycles. The van der Waals surface area contributed by atoms with E-state index < -0.39 is 44.6 Å². The summed E-state index contributed by atoms with van der Waals surface area (Å²) < 4.78 is 69.8. The van der Waals surface area contributed by atoms with Crippen LogP contribution in [0.2, 0.25) is 0 Å². The molecule has 182 valence electrons. The van der Waals surface area contributed by atoms with Crippen LogP contribution in [0.5, 0.6) is 11.6 Å². The molecule has 0 bridgehead atoms. The predicted octanol–water partition coefficient (Wildman–Crippen LogP) is 4.14. The Morgan fingerprint density at radius 2 is 1.83 bits per heavy atom. The van der Waals surface area contributed by atoms with Gasteiger partial charge in [-0.25, -0.2) is 13.4 Å². The molecular formula is C22H18F3N5O4S. The monoisotopic (exact) mass is 505 g/mol. The van der Waals surface area contributed by atoms with Crippen LogP contribution in [0.1, 0.15) is 38.6 Å². The van der Waals surface area contributed by atoms with Crippen molar-refractivity contribution in [2.45, 2.75) is 31.8 Å². The van der Waals surface area contributed by atoms with Gasteiger partial charge in [0.2, 0.25) is 0 Å². The summed E-state index contributed by atoms with van der Waals surface area (Å²) in [6.45, 7) is 4.15. The summed E-state index contributed by atoms with van der Waals surface area (Å²) in [4.78, 5) is 17.1. The van der Waals surface area contributed by atoms with Gasteiger partial charge < -0.3 is 10.1 Å². The summed E-state index contributed by atoms with van der Waals surface area (Å²) in [5, 5.41) is 18.2. The van der Waals surface area contributed by atoms with E-state index in [1.54, 1.807) is 6.92 Å². The lowest BCUT2D eigenvalue weighted by atomic mass is 10.1. The summed E-state index contributed by atoms with van der Waals surface area (Å²) >= 11 is 0. The topological polar surface area (TPSA) is 135 Å². The van der Waals surface area contributed by atoms with Gasteiger partial charge in [0.05, 0.1) is 10.6 Å². The zero-order valence-electron chi connectivity index (χ0n) is 18.9. The summed E-state index contributed by atoms with van der Waals surface area (Å²) in [6.07, 6.45) is -3.93. The number of anilines is 1. The number of sulfone groups is 1. The second-order valence-corrected chi connectivity index (χ2v) is 9.57. The number of carbonyl (C=O) groups is 1. The number of nitriles is 1. The number of hydrogen-bond acceptors (Lipinski definition) is 8. The van der Waals surface area contributed by atoms with Crippen molar-refractivity contribution < 1.29 is 31.1 Å². The first-order chi connectivity index (χ1) is 16.2. The highest BCUT2D eigenvalue weighted by molar-refractivity contribution is 7.90. The van der Waals surface area contributed by atoms with Crippen LogP contribution in [-0.2, 0) is 16.0 Å². The van der Waals surface area contributed by atoms with Gasteiger partial charge in [0, 0.05) is 11.9 Å². The van der Waals surface area contributed by atoms with Gasteiger partial charge in [0.25, 0.3) is 11.8 Å². The molecule has 0 fully saturated rings. The van der Waals surface area contributed by atoms with Gasteiger partial charge in [-0.15, -0.1) is 10.2 Å². The molecule has 0 aliphatic heterocycles. The first kappa shape index (κ1) is 25.6. The highest BCUT2D eigenvalue weighted by atomic mass is 32.2. The Morgan fingerprint density at radius 3 is 2.40 bits per heavy atom.